The highest BCUT2D eigenvalue weighted by Crippen LogP contribution is 2.36. The predicted octanol–water partition coefficient (Wildman–Crippen LogP) is 0.118. The third-order valence-electron chi connectivity index (χ3n) is 4.24. The summed E-state index contributed by atoms with van der Waals surface area (Å²) in [4.78, 5) is 49.0. The minimum absolute atomic E-state index is 0.211. The molecule has 0 aliphatic carbocycles. The fraction of sp³-hybridized carbons (Fsp3) is 0.750. The second kappa shape index (κ2) is 7.63. The van der Waals surface area contributed by atoms with E-state index in [1.807, 2.05) is 20.8 Å². The molecule has 136 valence electrons. The number of likely N-dealkylation sites (N-methyl/N-ethyl adjacent to an activating group) is 1. The molecule has 1 saturated heterocycles. The number of amides is 3. The molecule has 3 N–H and O–H groups in total. The van der Waals surface area contributed by atoms with Crippen molar-refractivity contribution in [1.82, 2.24) is 15.5 Å². The van der Waals surface area contributed by atoms with E-state index in [9.17, 15) is 19.2 Å². The zero-order chi connectivity index (χ0) is 18.7. The second-order valence-electron chi connectivity index (χ2n) is 7.19. The quantitative estimate of drug-likeness (QED) is 0.657. The van der Waals surface area contributed by atoms with Crippen LogP contribution in [0.4, 0.5) is 0 Å². The summed E-state index contributed by atoms with van der Waals surface area (Å²) in [6, 6.07) is -2.05. The van der Waals surface area contributed by atoms with E-state index in [1.54, 1.807) is 0 Å². The molecule has 0 aromatic rings. The summed E-state index contributed by atoms with van der Waals surface area (Å²) in [7, 11) is 1.50. The first-order valence-corrected chi connectivity index (χ1v) is 8.01. The lowest BCUT2D eigenvalue weighted by molar-refractivity contribution is -0.148. The summed E-state index contributed by atoms with van der Waals surface area (Å²) in [6.45, 7) is 7.13. The molecule has 1 heterocycles. The van der Waals surface area contributed by atoms with Crippen LogP contribution in [0.15, 0.2) is 0 Å². The van der Waals surface area contributed by atoms with Crippen molar-refractivity contribution in [2.24, 2.45) is 5.41 Å². The highest BCUT2D eigenvalue weighted by Gasteiger charge is 2.47. The number of aliphatic carboxylic acids is 1. The summed E-state index contributed by atoms with van der Waals surface area (Å²) >= 11 is 0. The Morgan fingerprint density at radius 3 is 2.21 bits per heavy atom. The zero-order valence-electron chi connectivity index (χ0n) is 14.9. The van der Waals surface area contributed by atoms with Crippen LogP contribution in [0.1, 0.15) is 47.0 Å². The third kappa shape index (κ3) is 4.69. The van der Waals surface area contributed by atoms with Gasteiger partial charge in [-0.1, -0.05) is 20.8 Å². The Morgan fingerprint density at radius 2 is 1.79 bits per heavy atom. The molecule has 0 bridgehead atoms. The van der Waals surface area contributed by atoms with Gasteiger partial charge in [0.25, 0.3) is 0 Å². The van der Waals surface area contributed by atoms with Crippen molar-refractivity contribution >= 4 is 23.7 Å². The first kappa shape index (κ1) is 19.9. The summed E-state index contributed by atoms with van der Waals surface area (Å²) in [5.74, 6) is -2.49. The molecule has 1 fully saturated rings. The van der Waals surface area contributed by atoms with Gasteiger partial charge in [0.05, 0.1) is 6.42 Å². The number of carboxylic acids is 1. The van der Waals surface area contributed by atoms with Crippen molar-refractivity contribution in [1.29, 1.82) is 0 Å². The van der Waals surface area contributed by atoms with Crippen LogP contribution in [0, 0.1) is 5.41 Å². The Labute approximate surface area is 142 Å². The summed E-state index contributed by atoms with van der Waals surface area (Å²) in [6.07, 6.45) is 0.632. The van der Waals surface area contributed by atoms with E-state index in [0.717, 1.165) is 0 Å². The molecule has 0 radical (unpaired) electrons. The van der Waals surface area contributed by atoms with Gasteiger partial charge in [-0.15, -0.1) is 0 Å². The lowest BCUT2D eigenvalue weighted by Gasteiger charge is -2.39. The van der Waals surface area contributed by atoms with E-state index in [-0.39, 0.29) is 17.4 Å². The maximum Gasteiger partial charge on any atom is 0.305 e. The minimum atomic E-state index is -1.19. The van der Waals surface area contributed by atoms with Crippen molar-refractivity contribution in [2.75, 3.05) is 7.05 Å². The molecule has 0 unspecified atom stereocenters. The minimum Gasteiger partial charge on any atom is -0.481 e. The van der Waals surface area contributed by atoms with Gasteiger partial charge in [-0.25, -0.2) is 0 Å². The average molecular weight is 341 g/mol. The molecule has 24 heavy (non-hydrogen) atoms. The van der Waals surface area contributed by atoms with Gasteiger partial charge in [0.1, 0.15) is 12.1 Å². The average Bonchev–Trinajstić information content (AvgIpc) is 2.88. The number of rotatable bonds is 5. The molecular weight excluding hydrogens is 314 g/mol. The number of likely N-dealkylation sites (tertiary alicyclic amines) is 1. The Morgan fingerprint density at radius 1 is 1.21 bits per heavy atom. The number of hydrogen-bond donors (Lipinski definition) is 3. The summed E-state index contributed by atoms with van der Waals surface area (Å²) < 4.78 is 0. The van der Waals surface area contributed by atoms with E-state index in [2.05, 4.69) is 10.6 Å². The number of hydrogen-bond acceptors (Lipinski definition) is 4. The second-order valence-corrected chi connectivity index (χ2v) is 7.19. The lowest BCUT2D eigenvalue weighted by Crippen LogP contribution is -2.57. The Kier molecular flexibility index (Phi) is 6.34. The van der Waals surface area contributed by atoms with Gasteiger partial charge in [-0.2, -0.15) is 0 Å². The van der Waals surface area contributed by atoms with Crippen LogP contribution in [-0.2, 0) is 19.2 Å². The van der Waals surface area contributed by atoms with Crippen LogP contribution >= 0.6 is 0 Å². The number of nitrogens with zero attached hydrogens (tertiary/aromatic N) is 1. The van der Waals surface area contributed by atoms with Gasteiger partial charge in [0.2, 0.25) is 17.7 Å². The molecule has 3 atom stereocenters. The lowest BCUT2D eigenvalue weighted by atomic mass is 9.85. The van der Waals surface area contributed by atoms with Crippen molar-refractivity contribution < 1.29 is 24.3 Å². The Hall–Kier alpha value is -2.12. The molecule has 0 saturated carbocycles. The van der Waals surface area contributed by atoms with Gasteiger partial charge in [-0.05, 0) is 18.3 Å². The molecule has 1 aliphatic heterocycles. The highest BCUT2D eigenvalue weighted by atomic mass is 16.4. The van der Waals surface area contributed by atoms with Gasteiger partial charge in [0.15, 0.2) is 0 Å². The van der Waals surface area contributed by atoms with Gasteiger partial charge in [0, 0.05) is 20.0 Å². The molecule has 8 heteroatoms. The van der Waals surface area contributed by atoms with Crippen LogP contribution < -0.4 is 10.6 Å². The molecule has 0 aromatic heterocycles. The number of carboxylic acid groups (broad SMARTS) is 1. The van der Waals surface area contributed by atoms with Gasteiger partial charge >= 0.3 is 5.97 Å². The van der Waals surface area contributed by atoms with Crippen molar-refractivity contribution in [3.63, 3.8) is 0 Å². The Balaban J connectivity index is 3.18. The van der Waals surface area contributed by atoms with Gasteiger partial charge < -0.3 is 20.6 Å². The van der Waals surface area contributed by atoms with Gasteiger partial charge in [-0.3, -0.25) is 19.2 Å². The van der Waals surface area contributed by atoms with E-state index < -0.39 is 36.3 Å². The molecule has 0 spiro atoms. The molecule has 3 amide bonds. The SMILES string of the molecule is CNC(=O)[C@@H]1CC[C@H](C(C)(C)C)N1C(=O)[C@H](CC(=O)O)NC(C)=O. The van der Waals surface area contributed by atoms with E-state index in [1.165, 1.54) is 18.9 Å². The third-order valence-corrected chi connectivity index (χ3v) is 4.24. The maximum absolute atomic E-state index is 13.0. The number of carbonyl (C=O) groups excluding carboxylic acids is 3. The standard InChI is InChI=1S/C16H27N3O5/c1-9(20)18-10(8-13(21)22)15(24)19-11(14(23)17-5)6-7-12(19)16(2,3)4/h10-12H,6-8H2,1-5H3,(H,17,23)(H,18,20)(H,21,22)/t10-,11-,12+/m0/s1. The summed E-state index contributed by atoms with van der Waals surface area (Å²) in [5, 5.41) is 14.0. The number of carbonyl (C=O) groups is 4. The molecule has 0 aromatic carbocycles. The van der Waals surface area contributed by atoms with Crippen molar-refractivity contribution in [2.45, 2.75) is 65.1 Å². The largest absolute Gasteiger partial charge is 0.481 e. The van der Waals surface area contributed by atoms with E-state index in [0.29, 0.717) is 12.8 Å². The molecular formula is C16H27N3O5. The monoisotopic (exact) mass is 341 g/mol. The first-order chi connectivity index (χ1) is 11.0. The van der Waals surface area contributed by atoms with E-state index >= 15 is 0 Å². The maximum atomic E-state index is 13.0. The highest BCUT2D eigenvalue weighted by molar-refractivity contribution is 5.94. The topological polar surface area (TPSA) is 116 Å². The first-order valence-electron chi connectivity index (χ1n) is 8.01. The van der Waals surface area contributed by atoms with Crippen LogP contribution in [-0.4, -0.2) is 58.9 Å². The van der Waals surface area contributed by atoms with Crippen molar-refractivity contribution in [3.05, 3.63) is 0 Å². The van der Waals surface area contributed by atoms with Crippen LogP contribution in [0.3, 0.4) is 0 Å². The van der Waals surface area contributed by atoms with Crippen LogP contribution in [0.5, 0.6) is 0 Å². The van der Waals surface area contributed by atoms with Crippen LogP contribution in [0.25, 0.3) is 0 Å². The number of nitrogens with one attached hydrogen (secondary N) is 2. The fourth-order valence-electron chi connectivity index (χ4n) is 3.19. The van der Waals surface area contributed by atoms with Crippen LogP contribution in [0.2, 0.25) is 0 Å². The summed E-state index contributed by atoms with van der Waals surface area (Å²) in [5.41, 5.74) is -0.275. The molecule has 1 aliphatic rings. The van der Waals surface area contributed by atoms with Crippen molar-refractivity contribution in [3.8, 4) is 0 Å². The van der Waals surface area contributed by atoms with E-state index in [4.69, 9.17) is 5.11 Å². The molecule has 1 rings (SSSR count). The predicted molar refractivity (Wildman–Crippen MR) is 87.0 cm³/mol. The smallest absolute Gasteiger partial charge is 0.305 e. The normalized spacial score (nSPS) is 22.0. The fourth-order valence-corrected chi connectivity index (χ4v) is 3.19. The zero-order valence-corrected chi connectivity index (χ0v) is 14.9. The Bertz CT molecular complexity index is 510. The molecule has 8 nitrogen and oxygen atoms in total.